The molecular formula is C23H28N4. The highest BCUT2D eigenvalue weighted by Crippen LogP contribution is 2.30. The second-order valence-corrected chi connectivity index (χ2v) is 8.04. The van der Waals surface area contributed by atoms with Crippen molar-refractivity contribution in [1.82, 2.24) is 14.7 Å². The van der Waals surface area contributed by atoms with Crippen LogP contribution in [0.5, 0.6) is 0 Å². The van der Waals surface area contributed by atoms with Gasteiger partial charge < -0.3 is 10.2 Å². The lowest BCUT2D eigenvalue weighted by Gasteiger charge is -2.25. The summed E-state index contributed by atoms with van der Waals surface area (Å²) in [5.74, 6) is 0. The number of aryl methyl sites for hydroxylation is 3. The fourth-order valence-electron chi connectivity index (χ4n) is 4.71. The first-order valence-electron chi connectivity index (χ1n) is 10.4. The summed E-state index contributed by atoms with van der Waals surface area (Å²) in [6.45, 7) is 7.69. The highest BCUT2D eigenvalue weighted by molar-refractivity contribution is 5.80. The fourth-order valence-corrected chi connectivity index (χ4v) is 4.71. The lowest BCUT2D eigenvalue weighted by Crippen LogP contribution is -2.23. The molecule has 0 saturated carbocycles. The summed E-state index contributed by atoms with van der Waals surface area (Å²) in [6.07, 6.45) is 13.0. The van der Waals surface area contributed by atoms with E-state index in [0.717, 1.165) is 29.9 Å². The van der Waals surface area contributed by atoms with Crippen LogP contribution in [0.3, 0.4) is 0 Å². The highest BCUT2D eigenvalue weighted by Gasteiger charge is 2.22. The van der Waals surface area contributed by atoms with Crippen LogP contribution in [0.15, 0.2) is 36.7 Å². The van der Waals surface area contributed by atoms with Crippen molar-refractivity contribution in [3.8, 4) is 0 Å². The Morgan fingerprint density at radius 3 is 2.63 bits per heavy atom. The van der Waals surface area contributed by atoms with Gasteiger partial charge >= 0.3 is 0 Å². The molecule has 140 valence electrons. The number of rotatable bonds is 4. The predicted molar refractivity (Wildman–Crippen MR) is 111 cm³/mol. The van der Waals surface area contributed by atoms with E-state index in [1.165, 1.54) is 74.1 Å². The molecule has 1 aromatic carbocycles. The maximum Gasteiger partial charge on any atom is 0.0720 e. The van der Waals surface area contributed by atoms with Crippen molar-refractivity contribution in [1.29, 1.82) is 0 Å². The topological polar surface area (TPSA) is 33.1 Å². The summed E-state index contributed by atoms with van der Waals surface area (Å²) in [5.41, 5.74) is 8.85. The zero-order chi connectivity index (χ0) is 18.2. The molecule has 27 heavy (non-hydrogen) atoms. The molecule has 0 amide bonds. The molecule has 1 N–H and O–H groups in total. The van der Waals surface area contributed by atoms with Gasteiger partial charge in [0.2, 0.25) is 0 Å². The van der Waals surface area contributed by atoms with Gasteiger partial charge in [-0.3, -0.25) is 4.68 Å². The first-order valence-corrected chi connectivity index (χ1v) is 10.4. The molecule has 0 bridgehead atoms. The van der Waals surface area contributed by atoms with Crippen molar-refractivity contribution in [3.05, 3.63) is 59.1 Å². The molecule has 4 nitrogen and oxygen atoms in total. The van der Waals surface area contributed by atoms with E-state index in [4.69, 9.17) is 0 Å². The largest absolute Gasteiger partial charge is 0.375 e. The van der Waals surface area contributed by atoms with Gasteiger partial charge in [0.05, 0.1) is 11.9 Å². The average molecular weight is 361 g/mol. The minimum Gasteiger partial charge on any atom is -0.375 e. The normalized spacial score (nSPS) is 18.7. The van der Waals surface area contributed by atoms with Gasteiger partial charge in [0.25, 0.3) is 0 Å². The van der Waals surface area contributed by atoms with Gasteiger partial charge in [-0.2, -0.15) is 5.10 Å². The zero-order valence-electron chi connectivity index (χ0n) is 16.0. The Kier molecular flexibility index (Phi) is 4.27. The maximum atomic E-state index is 4.60. The molecule has 2 aliphatic heterocycles. The lowest BCUT2D eigenvalue weighted by atomic mass is 9.91. The van der Waals surface area contributed by atoms with Crippen LogP contribution in [0.4, 0.5) is 5.69 Å². The van der Waals surface area contributed by atoms with Crippen molar-refractivity contribution in [2.24, 2.45) is 0 Å². The number of benzene rings is 1. The number of likely N-dealkylation sites (tertiary alicyclic amines) is 1. The zero-order valence-corrected chi connectivity index (χ0v) is 16.0. The maximum absolute atomic E-state index is 4.60. The molecule has 1 aromatic heterocycles. The first kappa shape index (κ1) is 16.7. The molecule has 0 unspecified atom stereocenters. The second kappa shape index (κ2) is 6.91. The van der Waals surface area contributed by atoms with Gasteiger partial charge in [0.1, 0.15) is 0 Å². The molecule has 1 aliphatic carbocycles. The standard InChI is InChI=1S/C23H28N4/c1-17(25-20-9-8-18-6-2-3-7-19(18)14-20)22-16-24-27-13-10-21(15-23(22)27)26-11-4-5-12-26/h8-9,14-16,25H,1-7,10-13H2. The third-order valence-electron chi connectivity index (χ3n) is 6.24. The molecule has 1 saturated heterocycles. The third kappa shape index (κ3) is 3.18. The summed E-state index contributed by atoms with van der Waals surface area (Å²) in [6, 6.07) is 6.78. The van der Waals surface area contributed by atoms with Crippen LogP contribution in [0.2, 0.25) is 0 Å². The van der Waals surface area contributed by atoms with Crippen LogP contribution < -0.4 is 5.32 Å². The van der Waals surface area contributed by atoms with Crippen LogP contribution in [-0.4, -0.2) is 27.8 Å². The second-order valence-electron chi connectivity index (χ2n) is 8.04. The van der Waals surface area contributed by atoms with Gasteiger partial charge in [0.15, 0.2) is 0 Å². The van der Waals surface area contributed by atoms with Gasteiger partial charge in [-0.25, -0.2) is 0 Å². The van der Waals surface area contributed by atoms with Crippen LogP contribution in [0.25, 0.3) is 11.8 Å². The third-order valence-corrected chi connectivity index (χ3v) is 6.24. The van der Waals surface area contributed by atoms with E-state index < -0.39 is 0 Å². The smallest absolute Gasteiger partial charge is 0.0720 e. The summed E-state index contributed by atoms with van der Waals surface area (Å²) in [7, 11) is 0. The number of hydrogen-bond donors (Lipinski definition) is 1. The van der Waals surface area contributed by atoms with Crippen LogP contribution in [-0.2, 0) is 19.4 Å². The van der Waals surface area contributed by atoms with E-state index in [9.17, 15) is 0 Å². The van der Waals surface area contributed by atoms with Crippen molar-refractivity contribution in [2.75, 3.05) is 18.4 Å². The quantitative estimate of drug-likeness (QED) is 0.859. The van der Waals surface area contributed by atoms with E-state index in [1.54, 1.807) is 0 Å². The minimum absolute atomic E-state index is 0.936. The van der Waals surface area contributed by atoms with E-state index in [0.29, 0.717) is 0 Å². The van der Waals surface area contributed by atoms with Crippen molar-refractivity contribution < 1.29 is 0 Å². The molecule has 3 heterocycles. The molecule has 0 spiro atoms. The van der Waals surface area contributed by atoms with Crippen LogP contribution in [0.1, 0.15) is 54.5 Å². The van der Waals surface area contributed by atoms with E-state index >= 15 is 0 Å². The summed E-state index contributed by atoms with van der Waals surface area (Å²) in [5, 5.41) is 8.14. The number of nitrogens with zero attached hydrogens (tertiary/aromatic N) is 3. The summed E-state index contributed by atoms with van der Waals surface area (Å²) < 4.78 is 2.12. The highest BCUT2D eigenvalue weighted by atomic mass is 15.3. The van der Waals surface area contributed by atoms with Crippen molar-refractivity contribution >= 4 is 17.5 Å². The van der Waals surface area contributed by atoms with Gasteiger partial charge in [0, 0.05) is 48.7 Å². The minimum atomic E-state index is 0.936. The van der Waals surface area contributed by atoms with Gasteiger partial charge in [-0.15, -0.1) is 0 Å². The Morgan fingerprint density at radius 1 is 0.963 bits per heavy atom. The molecule has 4 heteroatoms. The van der Waals surface area contributed by atoms with E-state index in [1.807, 2.05) is 6.20 Å². The summed E-state index contributed by atoms with van der Waals surface area (Å²) >= 11 is 0. The molecule has 0 atom stereocenters. The molecular weight excluding hydrogens is 332 g/mol. The average Bonchev–Trinajstić information content (AvgIpc) is 3.37. The number of anilines is 1. The Morgan fingerprint density at radius 2 is 1.78 bits per heavy atom. The lowest BCUT2D eigenvalue weighted by molar-refractivity contribution is 0.393. The number of aromatic nitrogens is 2. The Labute approximate surface area is 161 Å². The number of fused-ring (bicyclic) bond motifs is 2. The van der Waals surface area contributed by atoms with Gasteiger partial charge in [-0.1, -0.05) is 12.6 Å². The number of allylic oxidation sites excluding steroid dienone is 1. The molecule has 3 aliphatic rings. The van der Waals surface area contributed by atoms with Crippen molar-refractivity contribution in [2.45, 2.75) is 51.5 Å². The predicted octanol–water partition coefficient (Wildman–Crippen LogP) is 4.69. The molecule has 0 radical (unpaired) electrons. The van der Waals surface area contributed by atoms with E-state index in [2.05, 4.69) is 50.9 Å². The molecule has 2 aromatic rings. The summed E-state index contributed by atoms with van der Waals surface area (Å²) in [4.78, 5) is 2.54. The molecule has 5 rings (SSSR count). The Balaban J connectivity index is 1.38. The Hall–Kier alpha value is -2.49. The number of nitrogens with one attached hydrogen (secondary N) is 1. The van der Waals surface area contributed by atoms with Crippen LogP contribution in [0, 0.1) is 0 Å². The van der Waals surface area contributed by atoms with Crippen molar-refractivity contribution in [3.63, 3.8) is 0 Å². The number of hydrogen-bond acceptors (Lipinski definition) is 3. The SMILES string of the molecule is C=C(Nc1ccc2c(c1)CCCC2)c1cnn2c1C=C(N1CCCC1)CC2. The van der Waals surface area contributed by atoms with Gasteiger partial charge in [-0.05, 0) is 67.9 Å². The monoisotopic (exact) mass is 360 g/mol. The Bertz CT molecular complexity index is 899. The molecule has 1 fully saturated rings. The van der Waals surface area contributed by atoms with Crippen LogP contribution >= 0.6 is 0 Å². The fraction of sp³-hybridized carbons (Fsp3) is 0.435. The van der Waals surface area contributed by atoms with E-state index in [-0.39, 0.29) is 0 Å². The first-order chi connectivity index (χ1) is 13.3.